The van der Waals surface area contributed by atoms with Gasteiger partial charge in [0.2, 0.25) is 0 Å². The second kappa shape index (κ2) is 10.7. The van der Waals surface area contributed by atoms with Gasteiger partial charge in [0, 0.05) is 20.2 Å². The summed E-state index contributed by atoms with van der Waals surface area (Å²) in [4.78, 5) is 23.9. The Labute approximate surface area is 189 Å². The zero-order valence-corrected chi connectivity index (χ0v) is 19.3. The predicted octanol–water partition coefficient (Wildman–Crippen LogP) is 5.18. The summed E-state index contributed by atoms with van der Waals surface area (Å²) >= 11 is 6.02. The van der Waals surface area contributed by atoms with Crippen LogP contribution in [0.15, 0.2) is 48.5 Å². The van der Waals surface area contributed by atoms with E-state index in [-0.39, 0.29) is 18.1 Å². The van der Waals surface area contributed by atoms with Crippen molar-refractivity contribution >= 4 is 53.0 Å². The zero-order valence-electron chi connectivity index (χ0n) is 16.2. The quantitative estimate of drug-likeness (QED) is 0.250. The van der Waals surface area contributed by atoms with Crippen LogP contribution >= 0.6 is 35.2 Å². The van der Waals surface area contributed by atoms with Crippen LogP contribution in [0.4, 0.5) is 10.5 Å². The van der Waals surface area contributed by atoms with Gasteiger partial charge >= 0.3 is 12.1 Å². The van der Waals surface area contributed by atoms with E-state index in [1.807, 2.05) is 19.9 Å². The zero-order chi connectivity index (χ0) is 21.4. The van der Waals surface area contributed by atoms with Crippen LogP contribution in [0.5, 0.6) is 5.75 Å². The smallest absolute Gasteiger partial charge is 0.412 e. The molecule has 2 N–H and O–H groups in total. The molecule has 8 heteroatoms. The van der Waals surface area contributed by atoms with Gasteiger partial charge in [-0.1, -0.05) is 32.0 Å². The van der Waals surface area contributed by atoms with E-state index in [0.29, 0.717) is 17.7 Å². The summed E-state index contributed by atoms with van der Waals surface area (Å²) in [6.07, 6.45) is -0.990. The van der Waals surface area contributed by atoms with E-state index in [1.54, 1.807) is 42.5 Å². The summed E-state index contributed by atoms with van der Waals surface area (Å²) in [7, 11) is 0. The molecule has 0 fully saturated rings. The topological polar surface area (TPSA) is 84.9 Å². The van der Waals surface area contributed by atoms with Gasteiger partial charge in [0.05, 0.1) is 12.4 Å². The summed E-state index contributed by atoms with van der Waals surface area (Å²) in [5, 5.41) is 13.1. The molecule has 0 bridgehead atoms. The Kier molecular flexibility index (Phi) is 8.63. The number of para-hydroxylation sites is 1. The highest BCUT2D eigenvalue weighted by Gasteiger charge is 2.36. The van der Waals surface area contributed by atoms with Crippen molar-refractivity contribution in [3.05, 3.63) is 57.7 Å². The minimum atomic E-state index is -0.768. The molecule has 2 aromatic carbocycles. The van der Waals surface area contributed by atoms with Gasteiger partial charge in [0.15, 0.2) is 0 Å². The van der Waals surface area contributed by atoms with Crippen LogP contribution in [0, 0.1) is 8.99 Å². The molecule has 0 saturated heterocycles. The second-order valence-corrected chi connectivity index (χ2v) is 8.66. The van der Waals surface area contributed by atoms with E-state index in [0.717, 1.165) is 3.57 Å². The number of thiol groups is 1. The molecule has 29 heavy (non-hydrogen) atoms. The first-order valence-electron chi connectivity index (χ1n) is 9.00. The highest BCUT2D eigenvalue weighted by Crippen LogP contribution is 2.43. The van der Waals surface area contributed by atoms with E-state index < -0.39 is 23.6 Å². The SMILES string of the molecule is CC(C)(CCOC(=O)CS)[C@H](OC(=O)Nc1ccccc1)c1cc(I)ccc1O. The maximum Gasteiger partial charge on any atom is 0.412 e. The minimum absolute atomic E-state index is 0.00247. The van der Waals surface area contributed by atoms with Crippen molar-refractivity contribution in [2.75, 3.05) is 17.7 Å². The molecule has 2 aromatic rings. The van der Waals surface area contributed by atoms with Crippen molar-refractivity contribution in [3.8, 4) is 5.75 Å². The standard InChI is InChI=1S/C21H24INO5S/c1-21(2,10-11-27-18(25)13-29)19(16-12-14(22)8-9-17(16)24)28-20(26)23-15-6-4-3-5-7-15/h3-9,12,19,24,29H,10-11,13H2,1-2H3,(H,23,26)/t19-/m1/s1. The number of nitrogens with one attached hydrogen (secondary N) is 1. The van der Waals surface area contributed by atoms with Crippen LogP contribution in [0.1, 0.15) is 31.9 Å². The number of phenolic OH excluding ortho intramolecular Hbond substituents is 1. The molecular formula is C21H24INO5S. The largest absolute Gasteiger partial charge is 0.508 e. The number of anilines is 1. The van der Waals surface area contributed by atoms with Crippen molar-refractivity contribution < 1.29 is 24.2 Å². The number of amides is 1. The third-order valence-electron chi connectivity index (χ3n) is 4.37. The molecule has 0 saturated carbocycles. The fraction of sp³-hybridized carbons (Fsp3) is 0.333. The molecule has 0 aromatic heterocycles. The van der Waals surface area contributed by atoms with Gasteiger partial charge < -0.3 is 14.6 Å². The number of phenols is 1. The summed E-state index contributed by atoms with van der Waals surface area (Å²) in [6.45, 7) is 3.93. The highest BCUT2D eigenvalue weighted by atomic mass is 127. The monoisotopic (exact) mass is 529 g/mol. The molecule has 0 aliphatic heterocycles. The Balaban J connectivity index is 2.24. The van der Waals surface area contributed by atoms with Gasteiger partial charge in [-0.2, -0.15) is 12.6 Å². The third-order valence-corrected chi connectivity index (χ3v) is 5.29. The first kappa shape index (κ1) is 23.3. The lowest BCUT2D eigenvalue weighted by Crippen LogP contribution is -2.30. The van der Waals surface area contributed by atoms with Crippen molar-refractivity contribution in [2.24, 2.45) is 5.41 Å². The molecule has 0 aliphatic rings. The van der Waals surface area contributed by atoms with Crippen molar-refractivity contribution in [2.45, 2.75) is 26.4 Å². The number of hydrogen-bond donors (Lipinski definition) is 3. The van der Waals surface area contributed by atoms with Crippen LogP contribution in [-0.2, 0) is 14.3 Å². The average molecular weight is 529 g/mol. The molecule has 0 spiro atoms. The number of aromatic hydroxyl groups is 1. The Morgan fingerprint density at radius 3 is 2.55 bits per heavy atom. The van der Waals surface area contributed by atoms with E-state index in [1.165, 1.54) is 0 Å². The maximum absolute atomic E-state index is 12.6. The molecule has 0 aliphatic carbocycles. The molecule has 0 heterocycles. The summed E-state index contributed by atoms with van der Waals surface area (Å²) in [6, 6.07) is 14.1. The molecule has 1 amide bonds. The van der Waals surface area contributed by atoms with E-state index in [2.05, 4.69) is 40.5 Å². The maximum atomic E-state index is 12.6. The fourth-order valence-electron chi connectivity index (χ4n) is 2.76. The van der Waals surface area contributed by atoms with Gasteiger partial charge in [-0.05, 0) is 59.3 Å². The molecule has 2 rings (SSSR count). The number of esters is 1. The minimum Gasteiger partial charge on any atom is -0.508 e. The number of hydrogen-bond acceptors (Lipinski definition) is 6. The lowest BCUT2D eigenvalue weighted by Gasteiger charge is -2.34. The second-order valence-electron chi connectivity index (χ2n) is 7.10. The van der Waals surface area contributed by atoms with Crippen LogP contribution in [0.2, 0.25) is 0 Å². The normalized spacial score (nSPS) is 12.1. The predicted molar refractivity (Wildman–Crippen MR) is 123 cm³/mol. The number of benzene rings is 2. The number of rotatable bonds is 8. The van der Waals surface area contributed by atoms with E-state index in [9.17, 15) is 14.7 Å². The third kappa shape index (κ3) is 7.11. The summed E-state index contributed by atoms with van der Waals surface area (Å²) in [5.74, 6) is -0.388. The van der Waals surface area contributed by atoms with E-state index >= 15 is 0 Å². The van der Waals surface area contributed by atoms with Crippen LogP contribution in [-0.4, -0.2) is 29.5 Å². The first-order chi connectivity index (χ1) is 13.7. The highest BCUT2D eigenvalue weighted by molar-refractivity contribution is 14.1. The van der Waals surface area contributed by atoms with Crippen LogP contribution in [0.25, 0.3) is 0 Å². The summed E-state index contributed by atoms with van der Waals surface area (Å²) in [5.41, 5.74) is 0.460. The van der Waals surface area contributed by atoms with Crippen molar-refractivity contribution in [1.29, 1.82) is 0 Å². The molecule has 0 radical (unpaired) electrons. The fourth-order valence-corrected chi connectivity index (χ4v) is 3.37. The number of carbonyl (C=O) groups excluding carboxylic acids is 2. The van der Waals surface area contributed by atoms with Gasteiger partial charge in [0.1, 0.15) is 11.9 Å². The number of halogens is 1. The Hall–Kier alpha value is -1.94. The average Bonchev–Trinajstić information content (AvgIpc) is 2.68. The molecule has 1 atom stereocenters. The first-order valence-corrected chi connectivity index (χ1v) is 10.7. The van der Waals surface area contributed by atoms with Gasteiger partial charge in [-0.25, -0.2) is 4.79 Å². The number of ether oxygens (including phenoxy) is 2. The molecule has 6 nitrogen and oxygen atoms in total. The van der Waals surface area contributed by atoms with Gasteiger partial charge in [-0.15, -0.1) is 0 Å². The lowest BCUT2D eigenvalue weighted by molar-refractivity contribution is -0.141. The van der Waals surface area contributed by atoms with Gasteiger partial charge in [-0.3, -0.25) is 10.1 Å². The molecular weight excluding hydrogens is 505 g/mol. The van der Waals surface area contributed by atoms with Crippen molar-refractivity contribution in [3.63, 3.8) is 0 Å². The Morgan fingerprint density at radius 2 is 1.90 bits per heavy atom. The summed E-state index contributed by atoms with van der Waals surface area (Å²) < 4.78 is 11.8. The number of carbonyl (C=O) groups is 2. The van der Waals surface area contributed by atoms with Gasteiger partial charge in [0.25, 0.3) is 0 Å². The van der Waals surface area contributed by atoms with Crippen molar-refractivity contribution in [1.82, 2.24) is 0 Å². The Bertz CT molecular complexity index is 844. The Morgan fingerprint density at radius 1 is 1.21 bits per heavy atom. The lowest BCUT2D eigenvalue weighted by atomic mass is 9.79. The molecule has 0 unspecified atom stereocenters. The van der Waals surface area contributed by atoms with Crippen LogP contribution in [0.3, 0.4) is 0 Å². The van der Waals surface area contributed by atoms with Crippen LogP contribution < -0.4 is 5.32 Å². The van der Waals surface area contributed by atoms with E-state index in [4.69, 9.17) is 9.47 Å². The molecule has 156 valence electrons.